The summed E-state index contributed by atoms with van der Waals surface area (Å²) in [7, 11) is 0. The van der Waals surface area contributed by atoms with Crippen molar-refractivity contribution < 1.29 is 9.90 Å². The summed E-state index contributed by atoms with van der Waals surface area (Å²) in [4.78, 5) is 17.6. The highest BCUT2D eigenvalue weighted by atomic mass is 16.3. The molecule has 0 bridgehead atoms. The van der Waals surface area contributed by atoms with E-state index in [1.807, 2.05) is 19.1 Å². The summed E-state index contributed by atoms with van der Waals surface area (Å²) in [5.41, 5.74) is 6.44. The number of aryl methyl sites for hydroxylation is 1. The Morgan fingerprint density at radius 1 is 1.42 bits per heavy atom. The van der Waals surface area contributed by atoms with Gasteiger partial charge in [-0.05, 0) is 18.6 Å². The minimum absolute atomic E-state index is 0.192. The van der Waals surface area contributed by atoms with Gasteiger partial charge in [0.15, 0.2) is 0 Å². The molecule has 98 valence electrons. The standard InChI is InChI=1S/C8H9NO.C5H5N3O/c1-6-3-2-4-7(5-9)8(6)10;6-5(9)4-3-7-1-2-8-4/h2-5,9-10H,1H3;1-3H,(H2,6,9). The first-order valence-electron chi connectivity index (χ1n) is 5.41. The Kier molecular flexibility index (Phi) is 5.16. The van der Waals surface area contributed by atoms with E-state index in [1.54, 1.807) is 6.07 Å². The Morgan fingerprint density at radius 2 is 2.16 bits per heavy atom. The number of nitrogens with zero attached hydrogens (tertiary/aromatic N) is 2. The lowest BCUT2D eigenvalue weighted by Crippen LogP contribution is -2.12. The Balaban J connectivity index is 0.000000191. The van der Waals surface area contributed by atoms with Gasteiger partial charge in [0.05, 0.1) is 6.20 Å². The second kappa shape index (κ2) is 6.85. The topological polar surface area (TPSA) is 113 Å². The van der Waals surface area contributed by atoms with Crippen molar-refractivity contribution in [2.75, 3.05) is 0 Å². The zero-order valence-electron chi connectivity index (χ0n) is 10.4. The van der Waals surface area contributed by atoms with Gasteiger partial charge in [0.1, 0.15) is 11.4 Å². The van der Waals surface area contributed by atoms with E-state index in [1.165, 1.54) is 18.6 Å². The number of para-hydroxylation sites is 1. The van der Waals surface area contributed by atoms with Crippen LogP contribution in [-0.2, 0) is 0 Å². The molecule has 2 rings (SSSR count). The third-order valence-corrected chi connectivity index (χ3v) is 2.24. The normalized spacial score (nSPS) is 9.11. The molecule has 0 spiro atoms. The molecule has 6 heteroatoms. The number of hydrogen-bond acceptors (Lipinski definition) is 5. The number of carbonyl (C=O) groups is 1. The molecule has 4 N–H and O–H groups in total. The second-order valence-electron chi connectivity index (χ2n) is 3.61. The smallest absolute Gasteiger partial charge is 0.268 e. The molecule has 0 saturated carbocycles. The highest BCUT2D eigenvalue weighted by Gasteiger charge is 1.98. The Morgan fingerprint density at radius 3 is 2.58 bits per heavy atom. The van der Waals surface area contributed by atoms with Gasteiger partial charge in [-0.2, -0.15) is 0 Å². The second-order valence-corrected chi connectivity index (χ2v) is 3.61. The van der Waals surface area contributed by atoms with Crippen molar-refractivity contribution in [1.82, 2.24) is 9.97 Å². The highest BCUT2D eigenvalue weighted by molar-refractivity contribution is 5.90. The van der Waals surface area contributed by atoms with Crippen molar-refractivity contribution >= 4 is 12.1 Å². The zero-order chi connectivity index (χ0) is 14.3. The molecule has 2 aromatic rings. The van der Waals surface area contributed by atoms with Gasteiger partial charge < -0.3 is 16.2 Å². The number of phenols is 1. The molecule has 1 amide bonds. The number of nitrogens with one attached hydrogen (secondary N) is 1. The first-order chi connectivity index (χ1) is 9.06. The molecule has 6 nitrogen and oxygen atoms in total. The van der Waals surface area contributed by atoms with E-state index < -0.39 is 5.91 Å². The summed E-state index contributed by atoms with van der Waals surface area (Å²) in [6, 6.07) is 5.33. The lowest BCUT2D eigenvalue weighted by molar-refractivity contribution is 0.0995. The van der Waals surface area contributed by atoms with Crippen molar-refractivity contribution in [2.45, 2.75) is 6.92 Å². The number of aromatic nitrogens is 2. The van der Waals surface area contributed by atoms with Crippen LogP contribution in [0, 0.1) is 12.3 Å². The molecule has 1 aromatic heterocycles. The average Bonchev–Trinajstić information content (AvgIpc) is 2.43. The van der Waals surface area contributed by atoms with E-state index in [4.69, 9.17) is 11.1 Å². The summed E-state index contributed by atoms with van der Waals surface area (Å²) in [6.07, 6.45) is 5.36. The first kappa shape index (κ1) is 14.3. The summed E-state index contributed by atoms with van der Waals surface area (Å²) in [6.45, 7) is 1.81. The molecular weight excluding hydrogens is 244 g/mol. The van der Waals surface area contributed by atoms with Crippen LogP contribution < -0.4 is 5.73 Å². The largest absolute Gasteiger partial charge is 0.507 e. The van der Waals surface area contributed by atoms with Crippen LogP contribution in [0.4, 0.5) is 0 Å². The molecule has 0 unspecified atom stereocenters. The quantitative estimate of drug-likeness (QED) is 0.704. The number of amides is 1. The maximum Gasteiger partial charge on any atom is 0.268 e. The molecule has 0 fully saturated rings. The van der Waals surface area contributed by atoms with Crippen LogP contribution in [0.1, 0.15) is 21.6 Å². The number of carbonyl (C=O) groups excluding carboxylic acids is 1. The molecule has 1 heterocycles. The van der Waals surface area contributed by atoms with Crippen molar-refractivity contribution in [3.8, 4) is 5.75 Å². The van der Waals surface area contributed by atoms with Crippen molar-refractivity contribution in [3.05, 3.63) is 53.6 Å². The Labute approximate surface area is 110 Å². The van der Waals surface area contributed by atoms with Crippen LogP contribution in [0.2, 0.25) is 0 Å². The van der Waals surface area contributed by atoms with E-state index in [9.17, 15) is 9.90 Å². The van der Waals surface area contributed by atoms with Crippen LogP contribution >= 0.6 is 0 Å². The number of rotatable bonds is 2. The van der Waals surface area contributed by atoms with Crippen LogP contribution in [0.5, 0.6) is 5.75 Å². The third-order valence-electron chi connectivity index (χ3n) is 2.24. The Bertz CT molecular complexity index is 570. The number of phenolic OH excluding ortho intramolecular Hbond substituents is 1. The summed E-state index contributed by atoms with van der Waals surface area (Å²) in [5.74, 6) is -0.347. The summed E-state index contributed by atoms with van der Waals surface area (Å²) >= 11 is 0. The van der Waals surface area contributed by atoms with E-state index in [0.717, 1.165) is 11.8 Å². The molecule has 0 aliphatic carbocycles. The lowest BCUT2D eigenvalue weighted by Gasteiger charge is -1.99. The molecule has 19 heavy (non-hydrogen) atoms. The van der Waals surface area contributed by atoms with Crippen LogP contribution in [0.3, 0.4) is 0 Å². The molecule has 0 atom stereocenters. The van der Waals surface area contributed by atoms with Gasteiger partial charge in [-0.25, -0.2) is 4.98 Å². The number of nitrogens with two attached hydrogens (primary N) is 1. The molecule has 1 aromatic carbocycles. The van der Waals surface area contributed by atoms with Gasteiger partial charge in [0.2, 0.25) is 0 Å². The minimum Gasteiger partial charge on any atom is -0.507 e. The van der Waals surface area contributed by atoms with Gasteiger partial charge in [-0.15, -0.1) is 0 Å². The maximum absolute atomic E-state index is 10.3. The first-order valence-corrected chi connectivity index (χ1v) is 5.41. The predicted octanol–water partition coefficient (Wildman–Crippen LogP) is 1.27. The van der Waals surface area contributed by atoms with Crippen molar-refractivity contribution in [1.29, 1.82) is 5.41 Å². The van der Waals surface area contributed by atoms with Gasteiger partial charge in [0, 0.05) is 24.2 Å². The van der Waals surface area contributed by atoms with Crippen LogP contribution in [-0.4, -0.2) is 27.2 Å². The fourth-order valence-corrected chi connectivity index (χ4v) is 1.22. The van der Waals surface area contributed by atoms with Crippen LogP contribution in [0.15, 0.2) is 36.8 Å². The molecular formula is C13H14N4O2. The predicted molar refractivity (Wildman–Crippen MR) is 71.3 cm³/mol. The highest BCUT2D eigenvalue weighted by Crippen LogP contribution is 2.18. The fourth-order valence-electron chi connectivity index (χ4n) is 1.22. The maximum atomic E-state index is 10.3. The summed E-state index contributed by atoms with van der Waals surface area (Å²) in [5, 5.41) is 16.1. The number of benzene rings is 1. The Hall–Kier alpha value is -2.76. The minimum atomic E-state index is -0.553. The van der Waals surface area contributed by atoms with Gasteiger partial charge in [0.25, 0.3) is 5.91 Å². The average molecular weight is 258 g/mol. The van der Waals surface area contributed by atoms with E-state index in [2.05, 4.69) is 9.97 Å². The van der Waals surface area contributed by atoms with E-state index in [-0.39, 0.29) is 11.4 Å². The molecule has 0 saturated heterocycles. The lowest BCUT2D eigenvalue weighted by atomic mass is 10.1. The van der Waals surface area contributed by atoms with Crippen molar-refractivity contribution in [2.24, 2.45) is 5.73 Å². The number of aromatic hydroxyl groups is 1. The fraction of sp³-hybridized carbons (Fsp3) is 0.0769. The molecule has 0 aliphatic rings. The summed E-state index contributed by atoms with van der Waals surface area (Å²) < 4.78 is 0. The van der Waals surface area contributed by atoms with Gasteiger partial charge in [-0.3, -0.25) is 9.78 Å². The van der Waals surface area contributed by atoms with E-state index >= 15 is 0 Å². The molecule has 0 radical (unpaired) electrons. The van der Waals surface area contributed by atoms with Gasteiger partial charge >= 0.3 is 0 Å². The molecule has 0 aliphatic heterocycles. The third kappa shape index (κ3) is 4.19. The monoisotopic (exact) mass is 258 g/mol. The number of primary amides is 1. The van der Waals surface area contributed by atoms with E-state index in [0.29, 0.717) is 5.56 Å². The van der Waals surface area contributed by atoms with Crippen LogP contribution in [0.25, 0.3) is 0 Å². The van der Waals surface area contributed by atoms with Crippen molar-refractivity contribution in [3.63, 3.8) is 0 Å². The zero-order valence-corrected chi connectivity index (χ0v) is 10.4. The number of hydrogen-bond donors (Lipinski definition) is 3. The SMILES string of the molecule is Cc1cccc(C=N)c1O.NC(=O)c1cnccn1. The van der Waals surface area contributed by atoms with Gasteiger partial charge in [-0.1, -0.05) is 12.1 Å².